The summed E-state index contributed by atoms with van der Waals surface area (Å²) in [6.07, 6.45) is 3.83. The van der Waals surface area contributed by atoms with Gasteiger partial charge in [-0.05, 0) is 51.3 Å². The Morgan fingerprint density at radius 3 is 2.40 bits per heavy atom. The summed E-state index contributed by atoms with van der Waals surface area (Å²) >= 11 is 2.12. The largest absolute Gasteiger partial charge is 0.453 e. The molecule has 1 N–H and O–H groups in total. The van der Waals surface area contributed by atoms with E-state index in [0.717, 1.165) is 44.3 Å². The van der Waals surface area contributed by atoms with E-state index >= 15 is 0 Å². The van der Waals surface area contributed by atoms with Gasteiger partial charge in [-0.25, -0.2) is 0 Å². The molecule has 20 heavy (non-hydrogen) atoms. The van der Waals surface area contributed by atoms with Crippen molar-refractivity contribution in [1.82, 2.24) is 5.32 Å². The molecule has 1 aromatic rings. The lowest BCUT2D eigenvalue weighted by atomic mass is 9.83. The Labute approximate surface area is 134 Å². The van der Waals surface area contributed by atoms with Crippen LogP contribution in [0.1, 0.15) is 38.2 Å². The van der Waals surface area contributed by atoms with Crippen LogP contribution in [0.2, 0.25) is 0 Å². The van der Waals surface area contributed by atoms with Crippen molar-refractivity contribution in [3.05, 3.63) is 35.9 Å². The highest BCUT2D eigenvalue weighted by atomic mass is 127. The van der Waals surface area contributed by atoms with Gasteiger partial charge in [0.2, 0.25) is 0 Å². The zero-order valence-electron chi connectivity index (χ0n) is 11.9. The van der Waals surface area contributed by atoms with Crippen LogP contribution in [0.25, 0.3) is 0 Å². The van der Waals surface area contributed by atoms with E-state index in [9.17, 15) is 4.79 Å². The topological polar surface area (TPSA) is 38.3 Å². The molecule has 1 aromatic carbocycles. The molecule has 0 aromatic heterocycles. The summed E-state index contributed by atoms with van der Waals surface area (Å²) in [6.45, 7) is 3.86. The van der Waals surface area contributed by atoms with E-state index in [1.807, 2.05) is 25.1 Å². The minimum Gasteiger partial charge on any atom is -0.453 e. The molecule has 1 aliphatic heterocycles. The molecule has 110 valence electrons. The molecule has 1 saturated heterocycles. The minimum absolute atomic E-state index is 0.108. The first kappa shape index (κ1) is 15.8. The highest BCUT2D eigenvalue weighted by molar-refractivity contribution is 14.1. The van der Waals surface area contributed by atoms with Gasteiger partial charge in [0.25, 0.3) is 0 Å². The molecule has 0 bridgehead atoms. The first-order chi connectivity index (χ1) is 9.64. The number of alkyl halides is 1. The first-order valence-corrected chi connectivity index (χ1v) is 8.52. The predicted octanol–water partition coefficient (Wildman–Crippen LogP) is 3.41. The molecule has 2 rings (SSSR count). The molecule has 4 heteroatoms. The summed E-state index contributed by atoms with van der Waals surface area (Å²) < 4.78 is 5.87. The molecular weight excluding hydrogens is 365 g/mol. The molecule has 1 atom stereocenters. The second-order valence-electron chi connectivity index (χ2n) is 5.35. The van der Waals surface area contributed by atoms with Gasteiger partial charge in [-0.15, -0.1) is 0 Å². The van der Waals surface area contributed by atoms with E-state index in [1.165, 1.54) is 0 Å². The SMILES string of the molecule is CC(I)C(=O)OC1(c2ccccc2)CCCNCCC1. The van der Waals surface area contributed by atoms with Crippen molar-refractivity contribution in [1.29, 1.82) is 0 Å². The van der Waals surface area contributed by atoms with E-state index in [2.05, 4.69) is 40.0 Å². The highest BCUT2D eigenvalue weighted by Gasteiger charge is 2.36. The molecule has 0 spiro atoms. The van der Waals surface area contributed by atoms with Gasteiger partial charge in [0.05, 0.1) is 0 Å². The molecule has 0 aliphatic carbocycles. The maximum absolute atomic E-state index is 12.1. The van der Waals surface area contributed by atoms with Gasteiger partial charge in [-0.3, -0.25) is 4.79 Å². The fourth-order valence-electron chi connectivity index (χ4n) is 2.71. The molecule has 1 fully saturated rings. The highest BCUT2D eigenvalue weighted by Crippen LogP contribution is 2.37. The fourth-order valence-corrected chi connectivity index (χ4v) is 2.84. The second kappa shape index (κ2) is 7.41. The number of rotatable bonds is 3. The minimum atomic E-state index is -0.445. The van der Waals surface area contributed by atoms with Crippen LogP contribution >= 0.6 is 22.6 Å². The van der Waals surface area contributed by atoms with Crippen molar-refractivity contribution in [2.24, 2.45) is 0 Å². The van der Waals surface area contributed by atoms with Crippen LogP contribution in [-0.2, 0) is 15.1 Å². The maximum Gasteiger partial charge on any atom is 0.319 e. The van der Waals surface area contributed by atoms with Crippen LogP contribution in [0.3, 0.4) is 0 Å². The Kier molecular flexibility index (Phi) is 5.84. The Balaban J connectivity index is 2.28. The summed E-state index contributed by atoms with van der Waals surface area (Å²) in [5, 5.41) is 3.41. The molecule has 0 radical (unpaired) electrons. The summed E-state index contributed by atoms with van der Waals surface area (Å²) in [7, 11) is 0. The van der Waals surface area contributed by atoms with Crippen LogP contribution < -0.4 is 5.32 Å². The molecule has 0 saturated carbocycles. The predicted molar refractivity (Wildman–Crippen MR) is 89.0 cm³/mol. The van der Waals surface area contributed by atoms with E-state index in [1.54, 1.807) is 0 Å². The summed E-state index contributed by atoms with van der Waals surface area (Å²) in [4.78, 5) is 12.1. The zero-order valence-corrected chi connectivity index (χ0v) is 14.1. The number of benzene rings is 1. The summed E-state index contributed by atoms with van der Waals surface area (Å²) in [5.74, 6) is -0.108. The number of carbonyl (C=O) groups excluding carboxylic acids is 1. The number of nitrogens with one attached hydrogen (secondary N) is 1. The Morgan fingerprint density at radius 1 is 1.25 bits per heavy atom. The van der Waals surface area contributed by atoms with E-state index in [4.69, 9.17) is 4.74 Å². The van der Waals surface area contributed by atoms with Crippen LogP contribution in [0, 0.1) is 0 Å². The molecule has 1 unspecified atom stereocenters. The van der Waals surface area contributed by atoms with Crippen LogP contribution in [0.5, 0.6) is 0 Å². The monoisotopic (exact) mass is 387 g/mol. The number of hydrogen-bond donors (Lipinski definition) is 1. The third-order valence-electron chi connectivity index (χ3n) is 3.79. The molecular formula is C16H22INO2. The van der Waals surface area contributed by atoms with Crippen molar-refractivity contribution in [3.63, 3.8) is 0 Å². The lowest BCUT2D eigenvalue weighted by molar-refractivity contribution is -0.162. The first-order valence-electron chi connectivity index (χ1n) is 7.27. The molecule has 1 heterocycles. The average molecular weight is 387 g/mol. The van der Waals surface area contributed by atoms with Crippen molar-refractivity contribution in [2.45, 2.75) is 42.1 Å². The quantitative estimate of drug-likeness (QED) is 0.491. The standard InChI is InChI=1S/C16H22INO2/c1-13(17)15(19)20-16(14-7-3-2-4-8-14)9-5-11-18-12-6-10-16/h2-4,7-8,13,18H,5-6,9-12H2,1H3. The zero-order chi connectivity index (χ0) is 14.4. The summed E-state index contributed by atoms with van der Waals surface area (Å²) in [6, 6.07) is 10.2. The van der Waals surface area contributed by atoms with Crippen molar-refractivity contribution >= 4 is 28.6 Å². The normalized spacial score (nSPS) is 20.5. The van der Waals surface area contributed by atoms with Gasteiger partial charge in [0, 0.05) is 0 Å². The number of ether oxygens (including phenoxy) is 1. The molecule has 3 nitrogen and oxygen atoms in total. The lowest BCUT2D eigenvalue weighted by Crippen LogP contribution is -2.38. The van der Waals surface area contributed by atoms with Gasteiger partial charge in [0.1, 0.15) is 9.53 Å². The van der Waals surface area contributed by atoms with E-state index < -0.39 is 5.60 Å². The molecule has 0 amide bonds. The van der Waals surface area contributed by atoms with E-state index in [-0.39, 0.29) is 9.89 Å². The summed E-state index contributed by atoms with van der Waals surface area (Å²) in [5.41, 5.74) is 0.687. The number of carbonyl (C=O) groups is 1. The lowest BCUT2D eigenvalue weighted by Gasteiger charge is -2.36. The number of esters is 1. The van der Waals surface area contributed by atoms with Crippen LogP contribution in [0.4, 0.5) is 0 Å². The Hall–Kier alpha value is -0.620. The smallest absolute Gasteiger partial charge is 0.319 e. The van der Waals surface area contributed by atoms with Crippen molar-refractivity contribution in [2.75, 3.05) is 13.1 Å². The van der Waals surface area contributed by atoms with Gasteiger partial charge in [-0.1, -0.05) is 52.9 Å². The van der Waals surface area contributed by atoms with Crippen molar-refractivity contribution in [3.8, 4) is 0 Å². The van der Waals surface area contributed by atoms with Crippen molar-refractivity contribution < 1.29 is 9.53 Å². The van der Waals surface area contributed by atoms with Crippen LogP contribution in [0.15, 0.2) is 30.3 Å². The molecule has 1 aliphatic rings. The fraction of sp³-hybridized carbons (Fsp3) is 0.562. The second-order valence-corrected chi connectivity index (χ2v) is 7.22. The van der Waals surface area contributed by atoms with Gasteiger partial charge in [0.15, 0.2) is 0 Å². The Morgan fingerprint density at radius 2 is 1.85 bits per heavy atom. The van der Waals surface area contributed by atoms with Gasteiger partial charge in [-0.2, -0.15) is 0 Å². The number of hydrogen-bond acceptors (Lipinski definition) is 3. The third kappa shape index (κ3) is 3.95. The van der Waals surface area contributed by atoms with Gasteiger partial charge < -0.3 is 10.1 Å². The number of halogens is 1. The van der Waals surface area contributed by atoms with Crippen LogP contribution in [-0.4, -0.2) is 23.0 Å². The average Bonchev–Trinajstić information content (AvgIpc) is 2.42. The third-order valence-corrected chi connectivity index (χ3v) is 4.30. The maximum atomic E-state index is 12.1. The van der Waals surface area contributed by atoms with Gasteiger partial charge >= 0.3 is 5.97 Å². The Bertz CT molecular complexity index is 425. The van der Waals surface area contributed by atoms with E-state index in [0.29, 0.717) is 0 Å².